The molecule has 0 aromatic heterocycles. The zero-order chi connectivity index (χ0) is 20.3. The van der Waals surface area contributed by atoms with Gasteiger partial charge in [0.15, 0.2) is 11.0 Å². The number of phenolic OH excluding ortho intramolecular Hbond substituents is 1. The van der Waals surface area contributed by atoms with E-state index in [1.165, 1.54) is 29.2 Å². The van der Waals surface area contributed by atoms with Gasteiger partial charge in [-0.25, -0.2) is 5.43 Å². The predicted molar refractivity (Wildman–Crippen MR) is 107 cm³/mol. The number of hydrogen-bond donors (Lipinski definition) is 3. The van der Waals surface area contributed by atoms with E-state index < -0.39 is 23.6 Å². The van der Waals surface area contributed by atoms with Crippen LogP contribution in [0, 0.1) is 12.8 Å². The molecule has 142 valence electrons. The Hall–Kier alpha value is -3.59. The number of aromatic hydroxyl groups is 1. The Balaban J connectivity index is 1.75. The molecule has 1 heterocycles. The van der Waals surface area contributed by atoms with E-state index in [0.717, 1.165) is 11.8 Å². The van der Waals surface area contributed by atoms with Crippen LogP contribution in [0.3, 0.4) is 0 Å². The van der Waals surface area contributed by atoms with Gasteiger partial charge in [0.25, 0.3) is 11.8 Å². The van der Waals surface area contributed by atoms with Gasteiger partial charge in [-0.1, -0.05) is 23.8 Å². The summed E-state index contributed by atoms with van der Waals surface area (Å²) in [4.78, 5) is 38.1. The number of carbonyl (C=O) groups is 3. The zero-order valence-electron chi connectivity index (χ0n) is 14.7. The van der Waals surface area contributed by atoms with E-state index in [1.807, 2.05) is 19.1 Å². The number of hydrazone groups is 1. The molecule has 0 spiro atoms. The average Bonchev–Trinajstić information content (AvgIpc) is 2.65. The third-order valence-corrected chi connectivity index (χ3v) is 4.28. The number of nitrogens with one attached hydrogen (secondary N) is 2. The number of amides is 3. The van der Waals surface area contributed by atoms with Crippen LogP contribution in [0.2, 0.25) is 0 Å². The Morgan fingerprint density at radius 3 is 2.64 bits per heavy atom. The van der Waals surface area contributed by atoms with E-state index in [0.29, 0.717) is 5.69 Å². The van der Waals surface area contributed by atoms with Gasteiger partial charge in [0.05, 0.1) is 5.69 Å². The summed E-state index contributed by atoms with van der Waals surface area (Å²) in [6.07, 6.45) is 1.04. The maximum Gasteiger partial charge on any atom is 0.271 e. The van der Waals surface area contributed by atoms with Crippen LogP contribution in [0.1, 0.15) is 15.9 Å². The molecule has 1 fully saturated rings. The molecule has 0 radical (unpaired) electrons. The van der Waals surface area contributed by atoms with Crippen molar-refractivity contribution in [1.82, 2.24) is 10.7 Å². The van der Waals surface area contributed by atoms with Crippen LogP contribution in [0.15, 0.2) is 53.6 Å². The number of aryl methyl sites for hydroxylation is 1. The first-order chi connectivity index (χ1) is 13.4. The zero-order valence-corrected chi connectivity index (χ0v) is 15.6. The molecule has 1 aliphatic heterocycles. The number of anilines is 1. The molecule has 2 aromatic rings. The number of phenols is 1. The summed E-state index contributed by atoms with van der Waals surface area (Å²) < 4.78 is 0. The molecule has 3 rings (SSSR count). The first-order valence-electron chi connectivity index (χ1n) is 8.25. The molecule has 3 N–H and O–H groups in total. The fourth-order valence-corrected chi connectivity index (χ4v) is 2.84. The minimum atomic E-state index is -1.25. The van der Waals surface area contributed by atoms with Gasteiger partial charge >= 0.3 is 0 Å². The summed E-state index contributed by atoms with van der Waals surface area (Å²) in [7, 11) is 0. The van der Waals surface area contributed by atoms with Crippen molar-refractivity contribution in [3.63, 3.8) is 0 Å². The summed E-state index contributed by atoms with van der Waals surface area (Å²) >= 11 is 5.11. The van der Waals surface area contributed by atoms with Crippen molar-refractivity contribution < 1.29 is 19.5 Å². The predicted octanol–water partition coefficient (Wildman–Crippen LogP) is 1.48. The summed E-state index contributed by atoms with van der Waals surface area (Å²) in [5.41, 5.74) is 3.93. The Kier molecular flexibility index (Phi) is 5.46. The molecule has 0 bridgehead atoms. The van der Waals surface area contributed by atoms with Crippen LogP contribution in [-0.2, 0) is 9.59 Å². The lowest BCUT2D eigenvalue weighted by Gasteiger charge is -2.30. The average molecular weight is 396 g/mol. The highest BCUT2D eigenvalue weighted by molar-refractivity contribution is 7.80. The first-order valence-corrected chi connectivity index (χ1v) is 8.65. The van der Waals surface area contributed by atoms with Crippen molar-refractivity contribution in [1.29, 1.82) is 0 Å². The summed E-state index contributed by atoms with van der Waals surface area (Å²) in [5.74, 6) is -3.12. The smallest absolute Gasteiger partial charge is 0.271 e. The molecular weight excluding hydrogens is 380 g/mol. The second kappa shape index (κ2) is 7.97. The van der Waals surface area contributed by atoms with Gasteiger partial charge < -0.3 is 10.4 Å². The minimum Gasteiger partial charge on any atom is -0.508 e. The third kappa shape index (κ3) is 4.04. The van der Waals surface area contributed by atoms with Crippen LogP contribution in [0.5, 0.6) is 5.75 Å². The number of thiocarbonyl (C=S) groups is 1. The van der Waals surface area contributed by atoms with Crippen LogP contribution < -0.4 is 15.6 Å². The van der Waals surface area contributed by atoms with Crippen molar-refractivity contribution in [3.05, 3.63) is 59.7 Å². The van der Waals surface area contributed by atoms with Crippen molar-refractivity contribution in [2.45, 2.75) is 6.92 Å². The molecule has 3 amide bonds. The van der Waals surface area contributed by atoms with Gasteiger partial charge in [-0.3, -0.25) is 19.3 Å². The van der Waals surface area contributed by atoms with Crippen molar-refractivity contribution in [3.8, 4) is 5.75 Å². The van der Waals surface area contributed by atoms with Crippen molar-refractivity contribution in [2.75, 3.05) is 4.90 Å². The van der Waals surface area contributed by atoms with Gasteiger partial charge in [0, 0.05) is 11.8 Å². The van der Waals surface area contributed by atoms with Crippen LogP contribution >= 0.6 is 12.2 Å². The monoisotopic (exact) mass is 396 g/mol. The van der Waals surface area contributed by atoms with Crippen molar-refractivity contribution in [2.24, 2.45) is 11.0 Å². The number of benzene rings is 2. The van der Waals surface area contributed by atoms with Gasteiger partial charge in [-0.05, 0) is 49.5 Å². The van der Waals surface area contributed by atoms with Gasteiger partial charge in [-0.2, -0.15) is 5.10 Å². The number of rotatable bonds is 4. The van der Waals surface area contributed by atoms with Crippen LogP contribution in [0.25, 0.3) is 0 Å². The number of nitrogens with zero attached hydrogens (tertiary/aromatic N) is 2. The Morgan fingerprint density at radius 2 is 1.96 bits per heavy atom. The molecule has 0 aliphatic carbocycles. The Morgan fingerprint density at radius 1 is 1.25 bits per heavy atom. The fraction of sp³-hybridized carbons (Fsp3) is 0.105. The van der Waals surface area contributed by atoms with Gasteiger partial charge in [0.1, 0.15) is 5.75 Å². The normalized spacial score (nSPS) is 17.0. The maximum atomic E-state index is 12.8. The van der Waals surface area contributed by atoms with Crippen LogP contribution in [-0.4, -0.2) is 34.2 Å². The van der Waals surface area contributed by atoms with E-state index in [2.05, 4.69) is 15.8 Å². The molecule has 1 aliphatic rings. The standard InChI is InChI=1S/C19H16N4O4S/c1-11-5-7-13(8-6-11)23-18(27)15(17(26)21-19(23)28)10-20-22-16(25)12-3-2-4-14(24)9-12/h2-10,15,24H,1H3,(H,22,25)(H,21,26,28)/b20-10-/t15-/m0/s1. The minimum absolute atomic E-state index is 0.0210. The Labute approximate surface area is 165 Å². The lowest BCUT2D eigenvalue weighted by atomic mass is 10.1. The number of hydrogen-bond acceptors (Lipinski definition) is 6. The van der Waals surface area contributed by atoms with E-state index in [4.69, 9.17) is 12.2 Å². The molecule has 2 aromatic carbocycles. The summed E-state index contributed by atoms with van der Waals surface area (Å²) in [6.45, 7) is 1.91. The molecule has 1 saturated heterocycles. The molecule has 0 saturated carbocycles. The van der Waals surface area contributed by atoms with E-state index in [-0.39, 0.29) is 16.4 Å². The SMILES string of the molecule is Cc1ccc(N2C(=O)[C@@H](/C=N\NC(=O)c3cccc(O)c3)C(=O)NC2=S)cc1. The fourth-order valence-electron chi connectivity index (χ4n) is 2.54. The van der Waals surface area contributed by atoms with Crippen molar-refractivity contribution >= 4 is 47.0 Å². The third-order valence-electron chi connectivity index (χ3n) is 3.99. The highest BCUT2D eigenvalue weighted by atomic mass is 32.1. The highest BCUT2D eigenvalue weighted by Crippen LogP contribution is 2.20. The van der Waals surface area contributed by atoms with E-state index >= 15 is 0 Å². The molecule has 8 nitrogen and oxygen atoms in total. The van der Waals surface area contributed by atoms with Gasteiger partial charge in [0.2, 0.25) is 5.91 Å². The summed E-state index contributed by atoms with van der Waals surface area (Å²) in [5, 5.41) is 15.6. The van der Waals surface area contributed by atoms with Crippen LogP contribution in [0.4, 0.5) is 5.69 Å². The largest absolute Gasteiger partial charge is 0.508 e. The number of carbonyl (C=O) groups excluding carboxylic acids is 3. The lowest BCUT2D eigenvalue weighted by Crippen LogP contribution is -2.58. The molecule has 28 heavy (non-hydrogen) atoms. The topological polar surface area (TPSA) is 111 Å². The molecule has 0 unspecified atom stereocenters. The van der Waals surface area contributed by atoms with E-state index in [1.54, 1.807) is 12.1 Å². The molecule has 9 heteroatoms. The van der Waals surface area contributed by atoms with E-state index in [9.17, 15) is 19.5 Å². The molecule has 1 atom stereocenters. The second-order valence-corrected chi connectivity index (χ2v) is 6.44. The van der Waals surface area contributed by atoms with Gasteiger partial charge in [-0.15, -0.1) is 0 Å². The first kappa shape index (κ1) is 19.2. The maximum absolute atomic E-state index is 12.8. The highest BCUT2D eigenvalue weighted by Gasteiger charge is 2.38. The quantitative estimate of drug-likeness (QED) is 0.314. The molecular formula is C19H16N4O4S. The lowest BCUT2D eigenvalue weighted by molar-refractivity contribution is -0.130. The second-order valence-electron chi connectivity index (χ2n) is 6.05. The summed E-state index contributed by atoms with van der Waals surface area (Å²) in [6, 6.07) is 12.8. The Bertz CT molecular complexity index is 988.